The Bertz CT molecular complexity index is 1380. The molecule has 1 rings (SSSR count). The van der Waals surface area contributed by atoms with Crippen molar-refractivity contribution in [2.45, 2.75) is 211 Å². The van der Waals surface area contributed by atoms with Crippen LogP contribution in [0.1, 0.15) is 168 Å². The van der Waals surface area contributed by atoms with Gasteiger partial charge in [-0.3, -0.25) is 18.6 Å². The lowest BCUT2D eigenvalue weighted by Gasteiger charge is -2.41. The van der Waals surface area contributed by atoms with E-state index in [1.54, 1.807) is 0 Å². The lowest BCUT2D eigenvalue weighted by Crippen LogP contribution is -2.64. The molecule has 0 aromatic rings. The van der Waals surface area contributed by atoms with E-state index in [-0.39, 0.29) is 12.8 Å². The molecule has 63 heavy (non-hydrogen) atoms. The molecule has 14 heteroatoms. The Kier molecular flexibility index (Phi) is 35.7. The Labute approximate surface area is 378 Å². The van der Waals surface area contributed by atoms with Gasteiger partial charge in [-0.15, -0.1) is 0 Å². The number of allylic oxidation sites excluding steroid dienone is 12. The molecule has 0 radical (unpaired) electrons. The predicted octanol–water partition coefficient (Wildman–Crippen LogP) is 9.50. The number of carbonyl (C=O) groups excluding carboxylic acids is 2. The Morgan fingerprint density at radius 3 is 1.35 bits per heavy atom. The first-order valence-electron chi connectivity index (χ1n) is 23.7. The number of esters is 2. The normalized spacial score (nSPS) is 22.3. The Morgan fingerprint density at radius 1 is 0.508 bits per heavy atom. The van der Waals surface area contributed by atoms with Gasteiger partial charge >= 0.3 is 19.8 Å². The highest BCUT2D eigenvalue weighted by molar-refractivity contribution is 7.47. The third-order valence-electron chi connectivity index (χ3n) is 10.6. The number of hydrogen-bond acceptors (Lipinski definition) is 12. The molecule has 0 aromatic carbocycles. The standard InChI is InChI=1S/C49H83O13P/c1-3-5-7-9-11-13-15-17-19-20-21-22-24-26-28-30-32-34-36-38-43(51)61-41(40-60-63(57,58)62-49-47(55)45(53)44(52)46(54)48(49)56)39-59-42(50)37-35-33-31-29-27-25-23-18-16-14-12-10-8-6-4-2/h5,7,11,13,17,19,21-22,26,28,32,34,41,44-49,52-56H,3-4,6,8-10,12,14-16,18,20,23-25,27,29-31,33,35-40H2,1-2H3,(H,57,58)/b7-5-,13-11-,19-17-,22-21-,28-26-,34-32-/t41-,44?,45-,46?,47?,48?,49?/m1/s1. The number of aliphatic hydroxyl groups excluding tert-OH is 5. The average molecular weight is 911 g/mol. The Hall–Kier alpha value is -2.71. The maximum Gasteiger partial charge on any atom is 0.472 e. The van der Waals surface area contributed by atoms with Crippen molar-refractivity contribution >= 4 is 19.8 Å². The van der Waals surface area contributed by atoms with Gasteiger partial charge in [0, 0.05) is 12.8 Å². The first kappa shape index (κ1) is 58.3. The fourth-order valence-corrected chi connectivity index (χ4v) is 7.76. The summed E-state index contributed by atoms with van der Waals surface area (Å²) in [5, 5.41) is 50.2. The van der Waals surface area contributed by atoms with Crippen LogP contribution in [0, 0.1) is 0 Å². The zero-order valence-corrected chi connectivity index (χ0v) is 39.2. The van der Waals surface area contributed by atoms with Crippen LogP contribution in [0.15, 0.2) is 72.9 Å². The first-order chi connectivity index (χ1) is 30.4. The zero-order chi connectivity index (χ0) is 46.4. The molecule has 0 bridgehead atoms. The second-order valence-corrected chi connectivity index (χ2v) is 17.6. The fourth-order valence-electron chi connectivity index (χ4n) is 6.78. The maximum absolute atomic E-state index is 12.8. The third kappa shape index (κ3) is 31.0. The van der Waals surface area contributed by atoms with Gasteiger partial charge in [-0.05, 0) is 51.4 Å². The summed E-state index contributed by atoms with van der Waals surface area (Å²) in [6.07, 6.45) is 35.4. The summed E-state index contributed by atoms with van der Waals surface area (Å²) in [5.74, 6) is -1.20. The minimum atomic E-state index is -5.14. The minimum Gasteiger partial charge on any atom is -0.462 e. The summed E-state index contributed by atoms with van der Waals surface area (Å²) < 4.78 is 33.5. The highest BCUT2D eigenvalue weighted by Crippen LogP contribution is 2.47. The summed E-state index contributed by atoms with van der Waals surface area (Å²) in [4.78, 5) is 35.7. The van der Waals surface area contributed by atoms with E-state index >= 15 is 0 Å². The second kappa shape index (κ2) is 38.5. The van der Waals surface area contributed by atoms with Crippen molar-refractivity contribution < 1.29 is 63.1 Å². The van der Waals surface area contributed by atoms with E-state index in [0.717, 1.165) is 51.4 Å². The van der Waals surface area contributed by atoms with E-state index in [4.69, 9.17) is 18.5 Å². The molecular weight excluding hydrogens is 828 g/mol. The number of aliphatic hydroxyl groups is 5. The van der Waals surface area contributed by atoms with Gasteiger partial charge in [-0.2, -0.15) is 0 Å². The van der Waals surface area contributed by atoms with Crippen molar-refractivity contribution in [2.24, 2.45) is 0 Å². The molecule has 0 aliphatic heterocycles. The molecule has 0 saturated heterocycles. The summed E-state index contributed by atoms with van der Waals surface area (Å²) >= 11 is 0. The number of phosphoric acid groups is 1. The van der Waals surface area contributed by atoms with Crippen molar-refractivity contribution in [2.75, 3.05) is 13.2 Å². The zero-order valence-electron chi connectivity index (χ0n) is 38.3. The molecule has 13 nitrogen and oxygen atoms in total. The van der Waals surface area contributed by atoms with E-state index < -0.39 is 75.7 Å². The predicted molar refractivity (Wildman–Crippen MR) is 249 cm³/mol. The minimum absolute atomic E-state index is 0.0302. The SMILES string of the molecule is CC/C=C\C/C=C\C/C=C\C/C=C\C/C=C\C/C=C\CCC(=O)O[C@H](COC(=O)CCCCCCCCCCCCCCCCC)COP(=O)(O)OC1C(O)C(O)C(O)[C@@H](O)C1O. The third-order valence-corrected chi connectivity index (χ3v) is 11.6. The van der Waals surface area contributed by atoms with Crippen LogP contribution < -0.4 is 0 Å². The molecule has 0 aromatic heterocycles. The Morgan fingerprint density at radius 2 is 0.905 bits per heavy atom. The van der Waals surface area contributed by atoms with E-state index in [9.17, 15) is 44.6 Å². The number of phosphoric ester groups is 1. The summed E-state index contributed by atoms with van der Waals surface area (Å²) in [6, 6.07) is 0. The highest BCUT2D eigenvalue weighted by atomic mass is 31.2. The number of unbranched alkanes of at least 4 members (excludes halogenated alkanes) is 14. The molecular formula is C49H83O13P. The smallest absolute Gasteiger partial charge is 0.462 e. The van der Waals surface area contributed by atoms with Gasteiger partial charge in [0.05, 0.1) is 6.61 Å². The molecule has 1 saturated carbocycles. The largest absolute Gasteiger partial charge is 0.472 e. The molecule has 0 amide bonds. The number of carbonyl (C=O) groups is 2. The number of hydrogen-bond donors (Lipinski definition) is 6. The van der Waals surface area contributed by atoms with E-state index in [1.807, 2.05) is 18.2 Å². The number of ether oxygens (including phenoxy) is 2. The van der Waals surface area contributed by atoms with E-state index in [1.165, 1.54) is 70.6 Å². The quantitative estimate of drug-likeness (QED) is 0.0148. The van der Waals surface area contributed by atoms with E-state index in [2.05, 4.69) is 68.5 Å². The van der Waals surface area contributed by atoms with Crippen molar-refractivity contribution in [1.29, 1.82) is 0 Å². The van der Waals surface area contributed by atoms with Crippen LogP contribution in [0.4, 0.5) is 0 Å². The van der Waals surface area contributed by atoms with Gasteiger partial charge in [0.25, 0.3) is 0 Å². The fraction of sp³-hybridized carbons (Fsp3) is 0.714. The monoisotopic (exact) mass is 911 g/mol. The molecule has 8 atom stereocenters. The highest BCUT2D eigenvalue weighted by Gasteiger charge is 2.51. The molecule has 1 aliphatic rings. The topological polar surface area (TPSA) is 210 Å². The van der Waals surface area contributed by atoms with E-state index in [0.29, 0.717) is 19.3 Å². The lowest BCUT2D eigenvalue weighted by molar-refractivity contribution is -0.220. The summed E-state index contributed by atoms with van der Waals surface area (Å²) in [6.45, 7) is 3.12. The van der Waals surface area contributed by atoms with Gasteiger partial charge in [0.1, 0.15) is 43.2 Å². The van der Waals surface area contributed by atoms with Gasteiger partial charge < -0.3 is 39.9 Å². The van der Waals surface area contributed by atoms with Crippen molar-refractivity contribution in [1.82, 2.24) is 0 Å². The lowest BCUT2D eigenvalue weighted by atomic mass is 9.85. The molecule has 1 fully saturated rings. The van der Waals surface area contributed by atoms with Crippen LogP contribution in [-0.4, -0.2) is 98.3 Å². The van der Waals surface area contributed by atoms with Crippen LogP contribution in [0.3, 0.4) is 0 Å². The molecule has 6 unspecified atom stereocenters. The summed E-state index contributed by atoms with van der Waals surface area (Å²) in [5.41, 5.74) is 0. The first-order valence-corrected chi connectivity index (χ1v) is 25.2. The van der Waals surface area contributed by atoms with Crippen LogP contribution >= 0.6 is 7.82 Å². The van der Waals surface area contributed by atoms with Crippen molar-refractivity contribution in [3.05, 3.63) is 72.9 Å². The Balaban J connectivity index is 2.51. The van der Waals surface area contributed by atoms with Crippen LogP contribution in [0.25, 0.3) is 0 Å². The molecule has 6 N–H and O–H groups in total. The number of rotatable bonds is 38. The maximum atomic E-state index is 12.8. The average Bonchev–Trinajstić information content (AvgIpc) is 3.26. The van der Waals surface area contributed by atoms with Gasteiger partial charge in [-0.25, -0.2) is 4.57 Å². The van der Waals surface area contributed by atoms with Crippen LogP contribution in [0.2, 0.25) is 0 Å². The van der Waals surface area contributed by atoms with Crippen LogP contribution in [0.5, 0.6) is 0 Å². The second-order valence-electron chi connectivity index (χ2n) is 16.2. The molecule has 362 valence electrons. The van der Waals surface area contributed by atoms with Crippen LogP contribution in [-0.2, 0) is 32.7 Å². The molecule has 1 aliphatic carbocycles. The molecule has 0 spiro atoms. The van der Waals surface area contributed by atoms with Crippen molar-refractivity contribution in [3.63, 3.8) is 0 Å². The van der Waals surface area contributed by atoms with Gasteiger partial charge in [0.15, 0.2) is 6.10 Å². The van der Waals surface area contributed by atoms with Crippen molar-refractivity contribution in [3.8, 4) is 0 Å². The molecule has 0 heterocycles. The van der Waals surface area contributed by atoms with Gasteiger partial charge in [-0.1, -0.05) is 177 Å². The summed E-state index contributed by atoms with van der Waals surface area (Å²) in [7, 11) is -5.14. The van der Waals surface area contributed by atoms with Gasteiger partial charge in [0.2, 0.25) is 0 Å².